The summed E-state index contributed by atoms with van der Waals surface area (Å²) in [5, 5.41) is 7.44. The highest BCUT2D eigenvalue weighted by Gasteiger charge is 2.22. The first-order chi connectivity index (χ1) is 11.7. The Morgan fingerprint density at radius 3 is 2.58 bits per heavy atom. The second kappa shape index (κ2) is 7.87. The highest BCUT2D eigenvalue weighted by Crippen LogP contribution is 2.09. The van der Waals surface area contributed by atoms with Crippen molar-refractivity contribution in [3.8, 4) is 0 Å². The number of carbonyl (C=O) groups is 1. The second-order valence-corrected chi connectivity index (χ2v) is 5.93. The molecule has 1 aliphatic rings. The van der Waals surface area contributed by atoms with E-state index in [2.05, 4.69) is 32.2 Å². The van der Waals surface area contributed by atoms with Gasteiger partial charge in [-0.1, -0.05) is 0 Å². The van der Waals surface area contributed by atoms with Crippen molar-refractivity contribution in [1.29, 1.82) is 0 Å². The smallest absolute Gasteiger partial charge is 0.236 e. The first-order valence-corrected chi connectivity index (χ1v) is 8.23. The zero-order chi connectivity index (χ0) is 16.8. The van der Waals surface area contributed by atoms with E-state index in [1.807, 2.05) is 21.8 Å². The number of nitrogens with zero attached hydrogens (tertiary/aromatic N) is 6. The van der Waals surface area contributed by atoms with Crippen LogP contribution in [0, 0.1) is 0 Å². The van der Waals surface area contributed by atoms with Crippen LogP contribution < -0.4 is 10.2 Å². The van der Waals surface area contributed by atoms with Gasteiger partial charge in [0.1, 0.15) is 0 Å². The van der Waals surface area contributed by atoms with Gasteiger partial charge in [-0.2, -0.15) is 5.10 Å². The van der Waals surface area contributed by atoms with Crippen LogP contribution in [0.4, 0.5) is 5.95 Å². The molecule has 128 valence electrons. The van der Waals surface area contributed by atoms with Crippen molar-refractivity contribution < 1.29 is 4.79 Å². The lowest BCUT2D eigenvalue weighted by Crippen LogP contribution is -2.52. The Labute approximate surface area is 141 Å². The largest absolute Gasteiger partial charge is 0.338 e. The number of piperazine rings is 1. The lowest BCUT2D eigenvalue weighted by Gasteiger charge is -2.34. The van der Waals surface area contributed by atoms with Crippen molar-refractivity contribution in [2.24, 2.45) is 0 Å². The molecule has 8 nitrogen and oxygen atoms in total. The highest BCUT2D eigenvalue weighted by atomic mass is 16.2. The Balaban J connectivity index is 1.40. The van der Waals surface area contributed by atoms with Crippen LogP contribution in [0.5, 0.6) is 0 Å². The fourth-order valence-corrected chi connectivity index (χ4v) is 2.74. The lowest BCUT2D eigenvalue weighted by molar-refractivity contribution is -0.130. The van der Waals surface area contributed by atoms with Crippen LogP contribution >= 0.6 is 0 Å². The predicted octanol–water partition coefficient (Wildman–Crippen LogP) is 0.00000000000000200. The van der Waals surface area contributed by atoms with Crippen molar-refractivity contribution in [3.63, 3.8) is 0 Å². The quantitative estimate of drug-likeness (QED) is 0.804. The van der Waals surface area contributed by atoms with Gasteiger partial charge in [0.15, 0.2) is 0 Å². The van der Waals surface area contributed by atoms with Crippen LogP contribution in [-0.4, -0.2) is 69.3 Å². The zero-order valence-corrected chi connectivity index (χ0v) is 13.9. The normalized spacial score (nSPS) is 16.2. The van der Waals surface area contributed by atoms with Crippen molar-refractivity contribution >= 4 is 11.9 Å². The van der Waals surface area contributed by atoms with E-state index in [1.54, 1.807) is 24.7 Å². The van der Waals surface area contributed by atoms with E-state index in [9.17, 15) is 4.79 Å². The van der Waals surface area contributed by atoms with Gasteiger partial charge < -0.3 is 15.1 Å². The maximum Gasteiger partial charge on any atom is 0.236 e. The Kier molecular flexibility index (Phi) is 5.37. The van der Waals surface area contributed by atoms with Crippen molar-refractivity contribution in [1.82, 2.24) is 30.0 Å². The molecule has 1 N–H and O–H groups in total. The second-order valence-electron chi connectivity index (χ2n) is 5.93. The van der Waals surface area contributed by atoms with Crippen molar-refractivity contribution in [3.05, 3.63) is 36.9 Å². The molecular formula is C16H23N7O. The van der Waals surface area contributed by atoms with E-state index >= 15 is 0 Å². The molecule has 1 atom stereocenters. The third-order valence-corrected chi connectivity index (χ3v) is 4.09. The fraction of sp³-hybridized carbons (Fsp3) is 0.500. The van der Waals surface area contributed by atoms with E-state index in [0.29, 0.717) is 19.6 Å². The molecular weight excluding hydrogens is 306 g/mol. The summed E-state index contributed by atoms with van der Waals surface area (Å²) in [5.74, 6) is 0.867. The van der Waals surface area contributed by atoms with Gasteiger partial charge in [0.2, 0.25) is 11.9 Å². The molecule has 0 bridgehead atoms. The number of hydrogen-bond donors (Lipinski definition) is 1. The van der Waals surface area contributed by atoms with Gasteiger partial charge in [0.25, 0.3) is 0 Å². The average molecular weight is 329 g/mol. The van der Waals surface area contributed by atoms with Crippen molar-refractivity contribution in [2.45, 2.75) is 19.5 Å². The Hall–Kier alpha value is -2.48. The van der Waals surface area contributed by atoms with Gasteiger partial charge in [-0.25, -0.2) is 9.97 Å². The number of rotatable bonds is 6. The molecule has 1 aliphatic heterocycles. The lowest BCUT2D eigenvalue weighted by atomic mass is 10.3. The predicted molar refractivity (Wildman–Crippen MR) is 90.5 cm³/mol. The van der Waals surface area contributed by atoms with Crippen LogP contribution in [0.3, 0.4) is 0 Å². The Morgan fingerprint density at radius 1 is 1.17 bits per heavy atom. The summed E-state index contributed by atoms with van der Waals surface area (Å²) in [6, 6.07) is 3.89. The van der Waals surface area contributed by atoms with Crippen LogP contribution in [0.2, 0.25) is 0 Å². The molecule has 3 heterocycles. The molecule has 0 radical (unpaired) electrons. The zero-order valence-electron chi connectivity index (χ0n) is 13.9. The molecule has 0 unspecified atom stereocenters. The number of carbonyl (C=O) groups excluding carboxylic acids is 1. The molecule has 2 aromatic heterocycles. The van der Waals surface area contributed by atoms with Crippen LogP contribution in [0.15, 0.2) is 36.9 Å². The number of aromatic nitrogens is 4. The minimum absolute atomic E-state index is 0.135. The fourth-order valence-electron chi connectivity index (χ4n) is 2.74. The maximum atomic E-state index is 12.3. The van der Waals surface area contributed by atoms with Gasteiger partial charge in [-0.15, -0.1) is 0 Å². The minimum atomic E-state index is 0.135. The number of hydrogen-bond acceptors (Lipinski definition) is 6. The first-order valence-electron chi connectivity index (χ1n) is 8.23. The molecule has 2 aromatic rings. The van der Waals surface area contributed by atoms with Gasteiger partial charge in [-0.05, 0) is 19.1 Å². The molecule has 0 aromatic carbocycles. The molecule has 1 amide bonds. The van der Waals surface area contributed by atoms with Gasteiger partial charge in [-0.3, -0.25) is 9.48 Å². The first kappa shape index (κ1) is 16.4. The topological polar surface area (TPSA) is 79.2 Å². The highest BCUT2D eigenvalue weighted by molar-refractivity contribution is 5.78. The molecule has 0 spiro atoms. The maximum absolute atomic E-state index is 12.3. The molecule has 0 saturated carbocycles. The summed E-state index contributed by atoms with van der Waals surface area (Å²) >= 11 is 0. The Bertz CT molecular complexity index is 623. The van der Waals surface area contributed by atoms with Crippen molar-refractivity contribution in [2.75, 3.05) is 37.6 Å². The molecule has 0 aliphatic carbocycles. The SMILES string of the molecule is C[C@@H](Cn1cccn1)NCC(=O)N1CCN(c2ncccn2)CC1. The number of amides is 1. The van der Waals surface area contributed by atoms with E-state index in [1.165, 1.54) is 0 Å². The average Bonchev–Trinajstić information content (AvgIpc) is 3.13. The number of anilines is 1. The molecule has 1 saturated heterocycles. The van der Waals surface area contributed by atoms with Crippen LogP contribution in [-0.2, 0) is 11.3 Å². The van der Waals surface area contributed by atoms with Crippen LogP contribution in [0.1, 0.15) is 6.92 Å². The van der Waals surface area contributed by atoms with Gasteiger partial charge in [0, 0.05) is 57.0 Å². The standard InChI is InChI=1S/C16H23N7O/c1-14(13-23-7-3-6-20-23)19-12-15(24)21-8-10-22(11-9-21)16-17-4-2-5-18-16/h2-7,14,19H,8-13H2,1H3/t14-/m0/s1. The van der Waals surface area contributed by atoms with E-state index in [4.69, 9.17) is 0 Å². The van der Waals surface area contributed by atoms with E-state index < -0.39 is 0 Å². The summed E-state index contributed by atoms with van der Waals surface area (Å²) in [7, 11) is 0. The van der Waals surface area contributed by atoms with E-state index in [0.717, 1.165) is 25.6 Å². The Morgan fingerprint density at radius 2 is 1.92 bits per heavy atom. The molecule has 24 heavy (non-hydrogen) atoms. The molecule has 1 fully saturated rings. The third kappa shape index (κ3) is 4.29. The van der Waals surface area contributed by atoms with Crippen LogP contribution in [0.25, 0.3) is 0 Å². The summed E-state index contributed by atoms with van der Waals surface area (Å²) in [4.78, 5) is 24.9. The third-order valence-electron chi connectivity index (χ3n) is 4.09. The van der Waals surface area contributed by atoms with Gasteiger partial charge >= 0.3 is 0 Å². The minimum Gasteiger partial charge on any atom is -0.338 e. The van der Waals surface area contributed by atoms with E-state index in [-0.39, 0.29) is 11.9 Å². The summed E-state index contributed by atoms with van der Waals surface area (Å²) < 4.78 is 1.86. The summed E-state index contributed by atoms with van der Waals surface area (Å²) in [5.41, 5.74) is 0. The monoisotopic (exact) mass is 329 g/mol. The van der Waals surface area contributed by atoms with Gasteiger partial charge in [0.05, 0.1) is 13.1 Å². The summed E-state index contributed by atoms with van der Waals surface area (Å²) in [6.07, 6.45) is 7.16. The molecule has 8 heteroatoms. The molecule has 3 rings (SSSR count). The number of nitrogens with one attached hydrogen (secondary N) is 1. The summed E-state index contributed by atoms with van der Waals surface area (Å²) in [6.45, 7) is 6.08.